The molecule has 6 heteroatoms. The summed E-state index contributed by atoms with van der Waals surface area (Å²) in [5.74, 6) is -0.286. The van der Waals surface area contributed by atoms with E-state index >= 15 is 0 Å². The molecule has 0 aliphatic carbocycles. The van der Waals surface area contributed by atoms with Crippen molar-refractivity contribution in [2.24, 2.45) is 5.73 Å². The number of hydrogen-bond acceptors (Lipinski definition) is 2. The van der Waals surface area contributed by atoms with Crippen LogP contribution in [0.15, 0.2) is 12.1 Å². The molecule has 0 radical (unpaired) electrons. The Labute approximate surface area is 109 Å². The topological polar surface area (TPSA) is 29.3 Å². The molecule has 18 heavy (non-hydrogen) atoms. The smallest absolute Gasteiger partial charge is 0.373 e. The monoisotopic (exact) mass is 278 g/mol. The van der Waals surface area contributed by atoms with E-state index in [1.165, 1.54) is 6.07 Å². The van der Waals surface area contributed by atoms with Crippen LogP contribution < -0.4 is 10.6 Å². The Bertz CT molecular complexity index is 459. The van der Waals surface area contributed by atoms with E-state index in [0.29, 0.717) is 23.7 Å². The van der Waals surface area contributed by atoms with Gasteiger partial charge in [-0.05, 0) is 30.7 Å². The van der Waals surface area contributed by atoms with E-state index in [2.05, 4.69) is 0 Å². The van der Waals surface area contributed by atoms with E-state index < -0.39 is 11.7 Å². The molecule has 2 rings (SSSR count). The van der Waals surface area contributed by atoms with Gasteiger partial charge in [0.05, 0.1) is 16.3 Å². The van der Waals surface area contributed by atoms with E-state index in [0.717, 1.165) is 6.07 Å². The van der Waals surface area contributed by atoms with E-state index in [-0.39, 0.29) is 18.0 Å². The zero-order valence-electron chi connectivity index (χ0n) is 9.89. The van der Waals surface area contributed by atoms with Crippen LogP contribution in [0.5, 0.6) is 0 Å². The summed E-state index contributed by atoms with van der Waals surface area (Å²) in [6.45, 7) is 0.861. The molecule has 1 aliphatic rings. The highest BCUT2D eigenvalue weighted by Gasteiger charge is 2.39. The zero-order chi connectivity index (χ0) is 13.5. The summed E-state index contributed by atoms with van der Waals surface area (Å²) in [5.41, 5.74) is 5.68. The van der Waals surface area contributed by atoms with Gasteiger partial charge in [-0.2, -0.15) is 13.2 Å². The molecule has 1 atom stereocenters. The molecule has 0 saturated heterocycles. The molecular weight excluding hydrogens is 265 g/mol. The van der Waals surface area contributed by atoms with Gasteiger partial charge >= 0.3 is 6.18 Å². The molecule has 100 valence electrons. The summed E-state index contributed by atoms with van der Waals surface area (Å²) in [5, 5.41) is 0.346. The van der Waals surface area contributed by atoms with Gasteiger partial charge in [-0.15, -0.1) is 0 Å². The molecule has 1 heterocycles. The Morgan fingerprint density at radius 1 is 1.44 bits per heavy atom. The van der Waals surface area contributed by atoms with Gasteiger partial charge in [-0.3, -0.25) is 0 Å². The molecule has 1 aliphatic heterocycles. The fourth-order valence-corrected chi connectivity index (χ4v) is 2.78. The van der Waals surface area contributed by atoms with Crippen molar-refractivity contribution >= 4 is 17.3 Å². The summed E-state index contributed by atoms with van der Waals surface area (Å²) in [4.78, 5) is 1.76. The summed E-state index contributed by atoms with van der Waals surface area (Å²) in [6.07, 6.45) is -3.76. The minimum Gasteiger partial charge on any atom is -0.373 e. The third-order valence-electron chi connectivity index (χ3n) is 3.36. The van der Waals surface area contributed by atoms with Crippen molar-refractivity contribution in [3.63, 3.8) is 0 Å². The van der Waals surface area contributed by atoms with Crippen LogP contribution in [0.4, 0.5) is 18.9 Å². The second kappa shape index (κ2) is 4.63. The first-order valence-electron chi connectivity index (χ1n) is 5.67. The summed E-state index contributed by atoms with van der Waals surface area (Å²) < 4.78 is 39.1. The Morgan fingerprint density at radius 3 is 2.67 bits per heavy atom. The number of halogens is 4. The van der Waals surface area contributed by atoms with Crippen LogP contribution in [-0.2, 0) is 6.18 Å². The number of hydrogen-bond donors (Lipinski definition) is 1. The number of alkyl halides is 3. The lowest BCUT2D eigenvalue weighted by atomic mass is 9.86. The fraction of sp³-hybridized carbons (Fsp3) is 0.500. The molecule has 0 fully saturated rings. The lowest BCUT2D eigenvalue weighted by molar-refractivity contribution is -0.138. The number of nitrogens with two attached hydrogens (primary N) is 1. The predicted molar refractivity (Wildman–Crippen MR) is 66.1 cm³/mol. The lowest BCUT2D eigenvalue weighted by Crippen LogP contribution is -2.32. The SMILES string of the molecule is CN1CCC(CN)c2c(C(F)(F)F)ccc(Cl)c21. The van der Waals surface area contributed by atoms with Crippen LogP contribution >= 0.6 is 11.6 Å². The van der Waals surface area contributed by atoms with E-state index in [1.54, 1.807) is 11.9 Å². The maximum absolute atomic E-state index is 13.0. The maximum Gasteiger partial charge on any atom is 0.416 e. The number of benzene rings is 1. The van der Waals surface area contributed by atoms with Crippen molar-refractivity contribution in [3.8, 4) is 0 Å². The fourth-order valence-electron chi connectivity index (χ4n) is 2.47. The molecular formula is C12H14ClF3N2. The van der Waals surface area contributed by atoms with Crippen molar-refractivity contribution in [3.05, 3.63) is 28.3 Å². The molecule has 1 unspecified atom stereocenters. The molecule has 0 bridgehead atoms. The highest BCUT2D eigenvalue weighted by Crippen LogP contribution is 2.46. The van der Waals surface area contributed by atoms with Crippen LogP contribution in [0.1, 0.15) is 23.5 Å². The minimum absolute atomic E-state index is 0.199. The van der Waals surface area contributed by atoms with Crippen LogP contribution in [-0.4, -0.2) is 20.1 Å². The van der Waals surface area contributed by atoms with Gasteiger partial charge in [0.25, 0.3) is 0 Å². The molecule has 2 nitrogen and oxygen atoms in total. The lowest BCUT2D eigenvalue weighted by Gasteiger charge is -2.35. The summed E-state index contributed by atoms with van der Waals surface area (Å²) in [7, 11) is 1.75. The van der Waals surface area contributed by atoms with Crippen LogP contribution in [0, 0.1) is 0 Å². The van der Waals surface area contributed by atoms with Gasteiger partial charge < -0.3 is 10.6 Å². The van der Waals surface area contributed by atoms with Crippen LogP contribution in [0.25, 0.3) is 0 Å². The van der Waals surface area contributed by atoms with E-state index in [1.807, 2.05) is 0 Å². The van der Waals surface area contributed by atoms with Gasteiger partial charge in [0.2, 0.25) is 0 Å². The molecule has 1 aromatic carbocycles. The van der Waals surface area contributed by atoms with E-state index in [9.17, 15) is 13.2 Å². The molecule has 0 aromatic heterocycles. The van der Waals surface area contributed by atoms with Crippen molar-refractivity contribution < 1.29 is 13.2 Å². The van der Waals surface area contributed by atoms with Gasteiger partial charge in [0, 0.05) is 19.5 Å². The first-order chi connectivity index (χ1) is 8.36. The third kappa shape index (κ3) is 2.17. The average Bonchev–Trinajstić information content (AvgIpc) is 2.28. The Morgan fingerprint density at radius 2 is 2.11 bits per heavy atom. The number of fused-ring (bicyclic) bond motifs is 1. The average molecular weight is 279 g/mol. The van der Waals surface area contributed by atoms with Gasteiger partial charge in [0.1, 0.15) is 0 Å². The standard InChI is InChI=1S/C12H14ClF3N2/c1-18-5-4-7(6-17)10-8(12(14,15)16)2-3-9(13)11(10)18/h2-3,7H,4-6,17H2,1H3. The second-order valence-corrected chi connectivity index (χ2v) is 4.91. The van der Waals surface area contributed by atoms with Gasteiger partial charge in [-0.25, -0.2) is 0 Å². The van der Waals surface area contributed by atoms with Gasteiger partial charge in [0.15, 0.2) is 0 Å². The molecule has 0 saturated carbocycles. The van der Waals surface area contributed by atoms with E-state index in [4.69, 9.17) is 17.3 Å². The summed E-state index contributed by atoms with van der Waals surface area (Å²) >= 11 is 6.03. The van der Waals surface area contributed by atoms with Crippen LogP contribution in [0.2, 0.25) is 5.02 Å². The molecule has 0 spiro atoms. The Balaban J connectivity index is 2.69. The van der Waals surface area contributed by atoms with Crippen molar-refractivity contribution in [2.45, 2.75) is 18.5 Å². The molecule has 0 amide bonds. The number of anilines is 1. The second-order valence-electron chi connectivity index (χ2n) is 4.50. The normalized spacial score (nSPS) is 19.9. The third-order valence-corrected chi connectivity index (χ3v) is 3.67. The summed E-state index contributed by atoms with van der Waals surface area (Å²) in [6, 6.07) is 2.35. The van der Waals surface area contributed by atoms with Gasteiger partial charge in [-0.1, -0.05) is 11.6 Å². The first kappa shape index (κ1) is 13.5. The molecule has 2 N–H and O–H groups in total. The highest BCUT2D eigenvalue weighted by atomic mass is 35.5. The highest BCUT2D eigenvalue weighted by molar-refractivity contribution is 6.33. The largest absolute Gasteiger partial charge is 0.416 e. The Kier molecular flexibility index (Phi) is 3.47. The predicted octanol–water partition coefficient (Wildman–Crippen LogP) is 3.24. The first-order valence-corrected chi connectivity index (χ1v) is 6.05. The zero-order valence-corrected chi connectivity index (χ0v) is 10.6. The number of nitrogens with zero attached hydrogens (tertiary/aromatic N) is 1. The van der Waals surface area contributed by atoms with Crippen molar-refractivity contribution in [2.75, 3.05) is 25.0 Å². The quantitative estimate of drug-likeness (QED) is 0.854. The molecule has 1 aromatic rings. The van der Waals surface area contributed by atoms with Crippen molar-refractivity contribution in [1.29, 1.82) is 0 Å². The Hall–Kier alpha value is -0.940. The van der Waals surface area contributed by atoms with Crippen molar-refractivity contribution in [1.82, 2.24) is 0 Å². The maximum atomic E-state index is 13.0. The minimum atomic E-state index is -4.37. The number of rotatable bonds is 1. The van der Waals surface area contributed by atoms with Crippen LogP contribution in [0.3, 0.4) is 0 Å².